The average molecular weight is 235 g/mol. The molecule has 0 radical (unpaired) electrons. The molecule has 4 heteroatoms. The maximum Gasteiger partial charge on any atom is 0.151 e. The summed E-state index contributed by atoms with van der Waals surface area (Å²) < 4.78 is 22.9. The Kier molecular flexibility index (Phi) is 6.44. The van der Waals surface area contributed by atoms with Gasteiger partial charge in [-0.15, -0.1) is 0 Å². The SMILES string of the molecule is CCCS(=O)(=O)CCNC(C)(CC)CC. The maximum atomic E-state index is 11.5. The summed E-state index contributed by atoms with van der Waals surface area (Å²) in [6.07, 6.45) is 2.76. The quantitative estimate of drug-likeness (QED) is 0.700. The monoisotopic (exact) mass is 235 g/mol. The van der Waals surface area contributed by atoms with Crippen molar-refractivity contribution in [3.63, 3.8) is 0 Å². The molecule has 1 N–H and O–H groups in total. The minimum Gasteiger partial charge on any atom is -0.311 e. The topological polar surface area (TPSA) is 46.2 Å². The third kappa shape index (κ3) is 6.15. The van der Waals surface area contributed by atoms with Gasteiger partial charge < -0.3 is 5.32 Å². The Morgan fingerprint density at radius 2 is 1.60 bits per heavy atom. The molecule has 0 saturated heterocycles. The molecule has 0 atom stereocenters. The summed E-state index contributed by atoms with van der Waals surface area (Å²) in [7, 11) is -2.83. The maximum absolute atomic E-state index is 11.5. The Balaban J connectivity index is 3.98. The van der Waals surface area contributed by atoms with Crippen LogP contribution in [0.2, 0.25) is 0 Å². The van der Waals surface area contributed by atoms with Crippen LogP contribution in [-0.4, -0.2) is 32.0 Å². The van der Waals surface area contributed by atoms with Crippen molar-refractivity contribution >= 4 is 9.84 Å². The van der Waals surface area contributed by atoms with Crippen LogP contribution in [0.5, 0.6) is 0 Å². The van der Waals surface area contributed by atoms with Crippen LogP contribution in [-0.2, 0) is 9.84 Å². The fraction of sp³-hybridized carbons (Fsp3) is 1.00. The molecule has 0 aliphatic carbocycles. The lowest BCUT2D eigenvalue weighted by molar-refractivity contribution is 0.340. The summed E-state index contributed by atoms with van der Waals surface area (Å²) >= 11 is 0. The van der Waals surface area contributed by atoms with Crippen molar-refractivity contribution in [2.75, 3.05) is 18.1 Å². The first-order chi connectivity index (χ1) is 6.89. The summed E-state index contributed by atoms with van der Waals surface area (Å²) in [5, 5.41) is 3.33. The second kappa shape index (κ2) is 6.48. The molecule has 0 unspecified atom stereocenters. The predicted molar refractivity (Wildman–Crippen MR) is 65.9 cm³/mol. The lowest BCUT2D eigenvalue weighted by Crippen LogP contribution is -2.43. The van der Waals surface area contributed by atoms with Crippen LogP contribution in [0.25, 0.3) is 0 Å². The molecule has 0 spiro atoms. The molecule has 3 nitrogen and oxygen atoms in total. The van der Waals surface area contributed by atoms with Gasteiger partial charge in [-0.3, -0.25) is 0 Å². The summed E-state index contributed by atoms with van der Waals surface area (Å²) in [5.74, 6) is 0.570. The summed E-state index contributed by atoms with van der Waals surface area (Å²) in [4.78, 5) is 0. The zero-order valence-corrected chi connectivity index (χ0v) is 11.3. The van der Waals surface area contributed by atoms with Crippen LogP contribution in [0.3, 0.4) is 0 Å². The third-order valence-corrected chi connectivity index (χ3v) is 4.90. The fourth-order valence-corrected chi connectivity index (χ4v) is 2.66. The van der Waals surface area contributed by atoms with E-state index in [1.165, 1.54) is 0 Å². The summed E-state index contributed by atoms with van der Waals surface area (Å²) in [6, 6.07) is 0. The van der Waals surface area contributed by atoms with E-state index >= 15 is 0 Å². The van der Waals surface area contributed by atoms with Crippen molar-refractivity contribution in [2.24, 2.45) is 0 Å². The van der Waals surface area contributed by atoms with E-state index in [1.807, 2.05) is 6.92 Å². The molecule has 0 aliphatic rings. The van der Waals surface area contributed by atoms with E-state index in [4.69, 9.17) is 0 Å². The van der Waals surface area contributed by atoms with E-state index in [1.54, 1.807) is 0 Å². The van der Waals surface area contributed by atoms with Crippen LogP contribution >= 0.6 is 0 Å². The highest BCUT2D eigenvalue weighted by Crippen LogP contribution is 2.12. The smallest absolute Gasteiger partial charge is 0.151 e. The van der Waals surface area contributed by atoms with Gasteiger partial charge in [0.25, 0.3) is 0 Å². The van der Waals surface area contributed by atoms with Gasteiger partial charge in [0.15, 0.2) is 9.84 Å². The van der Waals surface area contributed by atoms with Gasteiger partial charge >= 0.3 is 0 Å². The zero-order valence-electron chi connectivity index (χ0n) is 10.5. The highest BCUT2D eigenvalue weighted by Gasteiger charge is 2.19. The molecule has 0 heterocycles. The third-order valence-electron chi connectivity index (χ3n) is 3.04. The number of hydrogen-bond acceptors (Lipinski definition) is 3. The minimum atomic E-state index is -2.83. The molecular formula is C11H25NO2S. The van der Waals surface area contributed by atoms with Gasteiger partial charge in [-0.2, -0.15) is 0 Å². The Morgan fingerprint density at radius 3 is 2.00 bits per heavy atom. The van der Waals surface area contributed by atoms with E-state index in [0.29, 0.717) is 18.7 Å². The summed E-state index contributed by atoms with van der Waals surface area (Å²) in [6.45, 7) is 8.85. The Hall–Kier alpha value is -0.0900. The lowest BCUT2D eigenvalue weighted by atomic mass is 9.96. The van der Waals surface area contributed by atoms with Crippen molar-refractivity contribution in [2.45, 2.75) is 52.5 Å². The first-order valence-corrected chi connectivity index (χ1v) is 7.66. The van der Waals surface area contributed by atoms with Crippen molar-refractivity contribution < 1.29 is 8.42 Å². The Morgan fingerprint density at radius 1 is 1.07 bits per heavy atom. The first-order valence-electron chi connectivity index (χ1n) is 5.84. The number of sulfone groups is 1. The van der Waals surface area contributed by atoms with Crippen molar-refractivity contribution in [3.05, 3.63) is 0 Å². The van der Waals surface area contributed by atoms with Gasteiger partial charge in [0, 0.05) is 17.8 Å². The van der Waals surface area contributed by atoms with E-state index in [-0.39, 0.29) is 11.3 Å². The molecule has 0 bridgehead atoms. The molecule has 0 aromatic rings. The Bertz CT molecular complexity index is 256. The molecular weight excluding hydrogens is 210 g/mol. The average Bonchev–Trinajstić information content (AvgIpc) is 2.17. The standard InChI is InChI=1S/C11H25NO2S/c1-5-9-15(13,14)10-8-12-11(4,6-2)7-3/h12H,5-10H2,1-4H3. The van der Waals surface area contributed by atoms with Crippen LogP contribution in [0, 0.1) is 0 Å². The van der Waals surface area contributed by atoms with Gasteiger partial charge in [0.1, 0.15) is 0 Å². The summed E-state index contributed by atoms with van der Waals surface area (Å²) in [5.41, 5.74) is 0.0851. The molecule has 0 aromatic heterocycles. The lowest BCUT2D eigenvalue weighted by Gasteiger charge is -2.28. The molecule has 0 fully saturated rings. The van der Waals surface area contributed by atoms with Gasteiger partial charge in [-0.05, 0) is 26.2 Å². The highest BCUT2D eigenvalue weighted by molar-refractivity contribution is 7.91. The highest BCUT2D eigenvalue weighted by atomic mass is 32.2. The molecule has 0 amide bonds. The molecule has 15 heavy (non-hydrogen) atoms. The first kappa shape index (κ1) is 14.9. The molecule has 0 rings (SSSR count). The largest absolute Gasteiger partial charge is 0.311 e. The van der Waals surface area contributed by atoms with Crippen LogP contribution in [0.1, 0.15) is 47.0 Å². The Labute approximate surface area is 94.6 Å². The van der Waals surface area contributed by atoms with Crippen LogP contribution in [0.4, 0.5) is 0 Å². The van der Waals surface area contributed by atoms with E-state index in [0.717, 1.165) is 12.8 Å². The number of rotatable bonds is 8. The zero-order chi connectivity index (χ0) is 11.9. The van der Waals surface area contributed by atoms with E-state index in [9.17, 15) is 8.42 Å². The fourth-order valence-electron chi connectivity index (χ4n) is 1.42. The molecule has 0 saturated carbocycles. The van der Waals surface area contributed by atoms with E-state index in [2.05, 4.69) is 26.1 Å². The van der Waals surface area contributed by atoms with Crippen molar-refractivity contribution in [1.29, 1.82) is 0 Å². The van der Waals surface area contributed by atoms with Crippen LogP contribution in [0.15, 0.2) is 0 Å². The van der Waals surface area contributed by atoms with Gasteiger partial charge in [0.2, 0.25) is 0 Å². The number of hydrogen-bond donors (Lipinski definition) is 1. The van der Waals surface area contributed by atoms with Gasteiger partial charge in [-0.1, -0.05) is 20.8 Å². The van der Waals surface area contributed by atoms with Crippen molar-refractivity contribution in [1.82, 2.24) is 5.32 Å². The van der Waals surface area contributed by atoms with Crippen molar-refractivity contribution in [3.8, 4) is 0 Å². The van der Waals surface area contributed by atoms with Crippen LogP contribution < -0.4 is 5.32 Å². The molecule has 92 valence electrons. The van der Waals surface area contributed by atoms with Gasteiger partial charge in [-0.25, -0.2) is 8.42 Å². The second-order valence-corrected chi connectivity index (χ2v) is 6.65. The minimum absolute atomic E-state index is 0.0851. The second-order valence-electron chi connectivity index (χ2n) is 4.35. The predicted octanol–water partition coefficient (Wildman–Crippen LogP) is 1.98. The molecule has 0 aliphatic heterocycles. The number of nitrogens with one attached hydrogen (secondary N) is 1. The normalized spacial score (nSPS) is 13.1. The van der Waals surface area contributed by atoms with E-state index < -0.39 is 9.84 Å². The molecule has 0 aromatic carbocycles. The van der Waals surface area contributed by atoms with Gasteiger partial charge in [0.05, 0.1) is 5.75 Å².